The van der Waals surface area contributed by atoms with E-state index in [-0.39, 0.29) is 34.0 Å². The molecule has 0 aliphatic rings. The second kappa shape index (κ2) is 10.4. The molecule has 0 aliphatic heterocycles. The van der Waals surface area contributed by atoms with Gasteiger partial charge in [-0.25, -0.2) is 0 Å². The molecular weight excluding hydrogens is 459 g/mol. The van der Waals surface area contributed by atoms with Crippen molar-refractivity contribution in [1.82, 2.24) is 5.32 Å². The molecule has 0 saturated heterocycles. The van der Waals surface area contributed by atoms with Gasteiger partial charge in [-0.15, -0.1) is 0 Å². The number of hydrogen-bond acceptors (Lipinski definition) is 4. The van der Waals surface area contributed by atoms with Crippen LogP contribution in [0.4, 0.5) is 0 Å². The first-order chi connectivity index (χ1) is 14.9. The Labute approximate surface area is 194 Å². The molecule has 31 heavy (non-hydrogen) atoms. The van der Waals surface area contributed by atoms with Crippen molar-refractivity contribution in [2.75, 3.05) is 0 Å². The van der Waals surface area contributed by atoms with E-state index in [4.69, 9.17) is 44.0 Å². The van der Waals surface area contributed by atoms with Crippen molar-refractivity contribution in [2.24, 2.45) is 0 Å². The van der Waals surface area contributed by atoms with Crippen LogP contribution in [0.5, 0.6) is 5.75 Å². The Bertz CT molecular complexity index is 1130. The summed E-state index contributed by atoms with van der Waals surface area (Å²) in [6.45, 7) is 1.89. The summed E-state index contributed by atoms with van der Waals surface area (Å²) in [5, 5.41) is 13.2. The number of nitrogens with one attached hydrogen (secondary N) is 1. The Morgan fingerprint density at radius 3 is 2.48 bits per heavy atom. The Morgan fingerprint density at radius 2 is 1.84 bits per heavy atom. The van der Waals surface area contributed by atoms with Crippen LogP contribution >= 0.6 is 34.8 Å². The maximum absolute atomic E-state index is 12.5. The van der Waals surface area contributed by atoms with Gasteiger partial charge in [-0.05, 0) is 36.8 Å². The molecule has 2 aromatic carbocycles. The van der Waals surface area contributed by atoms with Gasteiger partial charge in [0.25, 0.3) is 5.91 Å². The molecule has 1 N–H and O–H groups in total. The highest BCUT2D eigenvalue weighted by atomic mass is 35.5. The molecule has 1 heterocycles. The SMILES string of the molecule is CC(NC(=O)/C(C#N)=C/c1ccc(COc2c(Cl)cc(Cl)cc2Cl)o1)c1ccccc1. The zero-order valence-electron chi connectivity index (χ0n) is 16.4. The molecule has 158 valence electrons. The third kappa shape index (κ3) is 6.05. The summed E-state index contributed by atoms with van der Waals surface area (Å²) in [6.07, 6.45) is 1.37. The van der Waals surface area contributed by atoms with E-state index in [1.165, 1.54) is 18.2 Å². The van der Waals surface area contributed by atoms with Crippen LogP contribution in [0.15, 0.2) is 64.6 Å². The number of benzene rings is 2. The summed E-state index contributed by atoms with van der Waals surface area (Å²) >= 11 is 18.1. The number of nitrogens with zero attached hydrogens (tertiary/aromatic N) is 1. The van der Waals surface area contributed by atoms with Gasteiger partial charge in [-0.2, -0.15) is 5.26 Å². The molecule has 0 spiro atoms. The molecule has 1 amide bonds. The Balaban J connectivity index is 1.66. The Morgan fingerprint density at radius 1 is 1.16 bits per heavy atom. The molecule has 0 bridgehead atoms. The summed E-state index contributed by atoms with van der Waals surface area (Å²) in [7, 11) is 0. The predicted octanol–water partition coefficient (Wildman–Crippen LogP) is 6.60. The average molecular weight is 476 g/mol. The van der Waals surface area contributed by atoms with Crippen LogP contribution in [0, 0.1) is 11.3 Å². The molecular formula is C23H17Cl3N2O3. The third-order valence-corrected chi connectivity index (χ3v) is 5.08. The van der Waals surface area contributed by atoms with Gasteiger partial charge in [0, 0.05) is 11.1 Å². The number of ether oxygens (including phenoxy) is 1. The number of hydrogen-bond donors (Lipinski definition) is 1. The zero-order valence-corrected chi connectivity index (χ0v) is 18.6. The van der Waals surface area contributed by atoms with Crippen LogP contribution in [0.1, 0.15) is 30.0 Å². The fourth-order valence-corrected chi connectivity index (χ4v) is 3.68. The van der Waals surface area contributed by atoms with Gasteiger partial charge in [-0.3, -0.25) is 4.79 Å². The minimum atomic E-state index is -0.493. The van der Waals surface area contributed by atoms with Gasteiger partial charge in [0.2, 0.25) is 0 Å². The lowest BCUT2D eigenvalue weighted by Crippen LogP contribution is -2.27. The summed E-state index contributed by atoms with van der Waals surface area (Å²) in [5.41, 5.74) is 0.860. The predicted molar refractivity (Wildman–Crippen MR) is 121 cm³/mol. The smallest absolute Gasteiger partial charge is 0.262 e. The fourth-order valence-electron chi connectivity index (χ4n) is 2.75. The maximum Gasteiger partial charge on any atom is 0.262 e. The molecule has 0 saturated carbocycles. The van der Waals surface area contributed by atoms with E-state index in [9.17, 15) is 10.1 Å². The molecule has 3 aromatic rings. The fraction of sp³-hybridized carbons (Fsp3) is 0.130. The van der Waals surface area contributed by atoms with Gasteiger partial charge in [-0.1, -0.05) is 65.1 Å². The molecule has 0 fully saturated rings. The first-order valence-corrected chi connectivity index (χ1v) is 10.3. The molecule has 1 aromatic heterocycles. The van der Waals surface area contributed by atoms with Crippen molar-refractivity contribution in [1.29, 1.82) is 5.26 Å². The molecule has 5 nitrogen and oxygen atoms in total. The number of carbonyl (C=O) groups excluding carboxylic acids is 1. The zero-order chi connectivity index (χ0) is 22.4. The molecule has 1 atom stereocenters. The van der Waals surface area contributed by atoms with E-state index < -0.39 is 5.91 Å². The Kier molecular flexibility index (Phi) is 7.64. The van der Waals surface area contributed by atoms with Crippen molar-refractivity contribution in [2.45, 2.75) is 19.6 Å². The second-order valence-electron chi connectivity index (χ2n) is 6.57. The van der Waals surface area contributed by atoms with Gasteiger partial charge in [0.15, 0.2) is 5.75 Å². The van der Waals surface area contributed by atoms with Gasteiger partial charge in [0.1, 0.15) is 29.8 Å². The van der Waals surface area contributed by atoms with Crippen LogP contribution in [0.25, 0.3) is 6.08 Å². The van der Waals surface area contributed by atoms with Crippen LogP contribution in [-0.4, -0.2) is 5.91 Å². The maximum atomic E-state index is 12.5. The normalized spacial score (nSPS) is 12.2. The number of carbonyl (C=O) groups is 1. The lowest BCUT2D eigenvalue weighted by molar-refractivity contribution is -0.117. The average Bonchev–Trinajstić information content (AvgIpc) is 3.19. The largest absolute Gasteiger partial charge is 0.483 e. The Hall–Kier alpha value is -2.91. The number of nitriles is 1. The molecule has 0 aliphatic carbocycles. The standard InChI is InChI=1S/C23H17Cl3N2O3/c1-14(15-5-3-2-4-6-15)28-23(29)16(12-27)9-18-7-8-19(31-18)13-30-22-20(25)10-17(24)11-21(22)26/h2-11,14H,13H2,1H3,(H,28,29)/b16-9+. The van der Waals surface area contributed by atoms with E-state index >= 15 is 0 Å². The summed E-state index contributed by atoms with van der Waals surface area (Å²) < 4.78 is 11.3. The van der Waals surface area contributed by atoms with Gasteiger partial charge < -0.3 is 14.5 Å². The first-order valence-electron chi connectivity index (χ1n) is 9.21. The minimum Gasteiger partial charge on any atom is -0.483 e. The van der Waals surface area contributed by atoms with Gasteiger partial charge in [0.05, 0.1) is 16.1 Å². The highest BCUT2D eigenvalue weighted by Gasteiger charge is 2.15. The summed E-state index contributed by atoms with van der Waals surface area (Å²) in [6, 6.07) is 17.5. The van der Waals surface area contributed by atoms with E-state index in [1.807, 2.05) is 43.3 Å². The van der Waals surface area contributed by atoms with Crippen molar-refractivity contribution < 1.29 is 13.9 Å². The van der Waals surface area contributed by atoms with Crippen LogP contribution in [0.3, 0.4) is 0 Å². The van der Waals surface area contributed by atoms with Crippen molar-refractivity contribution >= 4 is 46.8 Å². The number of halogens is 3. The number of furan rings is 1. The molecule has 3 rings (SSSR count). The monoisotopic (exact) mass is 474 g/mol. The van der Waals surface area contributed by atoms with Crippen LogP contribution in [0.2, 0.25) is 15.1 Å². The molecule has 0 radical (unpaired) electrons. The van der Waals surface area contributed by atoms with E-state index in [0.717, 1.165) is 5.56 Å². The van der Waals surface area contributed by atoms with E-state index in [1.54, 1.807) is 12.1 Å². The lowest BCUT2D eigenvalue weighted by atomic mass is 10.1. The minimum absolute atomic E-state index is 0.0496. The molecule has 1 unspecified atom stereocenters. The van der Waals surface area contributed by atoms with Gasteiger partial charge >= 0.3 is 0 Å². The van der Waals surface area contributed by atoms with Crippen molar-refractivity contribution in [3.8, 4) is 11.8 Å². The van der Waals surface area contributed by atoms with Crippen LogP contribution in [-0.2, 0) is 11.4 Å². The molecule has 8 heteroatoms. The summed E-state index contributed by atoms with van der Waals surface area (Å²) in [5.74, 6) is 0.593. The summed E-state index contributed by atoms with van der Waals surface area (Å²) in [4.78, 5) is 12.5. The number of amides is 1. The lowest BCUT2D eigenvalue weighted by Gasteiger charge is -2.13. The quantitative estimate of drug-likeness (QED) is 0.308. The van der Waals surface area contributed by atoms with Crippen LogP contribution < -0.4 is 10.1 Å². The highest BCUT2D eigenvalue weighted by molar-refractivity contribution is 6.40. The number of rotatable bonds is 7. The first kappa shape index (κ1) is 22.8. The second-order valence-corrected chi connectivity index (χ2v) is 7.82. The third-order valence-electron chi connectivity index (χ3n) is 4.30. The van der Waals surface area contributed by atoms with E-state index in [0.29, 0.717) is 16.5 Å². The van der Waals surface area contributed by atoms with Crippen molar-refractivity contribution in [3.63, 3.8) is 0 Å². The van der Waals surface area contributed by atoms with E-state index in [2.05, 4.69) is 5.32 Å². The topological polar surface area (TPSA) is 75.3 Å². The van der Waals surface area contributed by atoms with Crippen molar-refractivity contribution in [3.05, 3.63) is 92.3 Å². The highest BCUT2D eigenvalue weighted by Crippen LogP contribution is 2.36.